The standard InChI is InChI=1S/C17H19FN2O3S/c1-3-16(17(21)19-14-9-7-8-13(18)12-14)20(24(2,22)23)15-10-5-4-6-11-15/h4-12,16H,3H2,1-2H3,(H,19,21). The van der Waals surface area contributed by atoms with Gasteiger partial charge in [-0.3, -0.25) is 9.10 Å². The monoisotopic (exact) mass is 350 g/mol. The van der Waals surface area contributed by atoms with Crippen LogP contribution in [0.15, 0.2) is 54.6 Å². The molecule has 0 radical (unpaired) electrons. The average molecular weight is 350 g/mol. The molecule has 0 aliphatic carbocycles. The molecule has 1 unspecified atom stereocenters. The summed E-state index contributed by atoms with van der Waals surface area (Å²) in [7, 11) is -3.68. The molecule has 0 aliphatic rings. The number of anilines is 2. The molecule has 2 rings (SSSR count). The van der Waals surface area contributed by atoms with E-state index in [1.165, 1.54) is 18.2 Å². The number of hydrogen-bond donors (Lipinski definition) is 1. The van der Waals surface area contributed by atoms with Gasteiger partial charge in [0.1, 0.15) is 11.9 Å². The Morgan fingerprint density at radius 3 is 2.38 bits per heavy atom. The van der Waals surface area contributed by atoms with Gasteiger partial charge in [0.2, 0.25) is 15.9 Å². The van der Waals surface area contributed by atoms with Gasteiger partial charge in [0.25, 0.3) is 0 Å². The van der Waals surface area contributed by atoms with Crippen LogP contribution < -0.4 is 9.62 Å². The van der Waals surface area contributed by atoms with Gasteiger partial charge in [0.15, 0.2) is 0 Å². The third-order valence-corrected chi connectivity index (χ3v) is 4.61. The Balaban J connectivity index is 2.34. The molecule has 5 nitrogen and oxygen atoms in total. The zero-order valence-electron chi connectivity index (χ0n) is 13.4. The summed E-state index contributed by atoms with van der Waals surface area (Å²) in [6.07, 6.45) is 1.32. The molecule has 7 heteroatoms. The summed E-state index contributed by atoms with van der Waals surface area (Å²) in [5.41, 5.74) is 0.682. The van der Waals surface area contributed by atoms with Crippen LogP contribution in [0.2, 0.25) is 0 Å². The van der Waals surface area contributed by atoms with Crippen molar-refractivity contribution in [2.45, 2.75) is 19.4 Å². The minimum Gasteiger partial charge on any atom is -0.324 e. The molecule has 0 aliphatic heterocycles. The van der Waals surface area contributed by atoms with E-state index in [2.05, 4.69) is 5.32 Å². The number of para-hydroxylation sites is 1. The van der Waals surface area contributed by atoms with Gasteiger partial charge in [0.05, 0.1) is 11.9 Å². The molecule has 2 aromatic rings. The van der Waals surface area contributed by atoms with Gasteiger partial charge in [-0.15, -0.1) is 0 Å². The maximum Gasteiger partial charge on any atom is 0.248 e. The highest BCUT2D eigenvalue weighted by Crippen LogP contribution is 2.23. The SMILES string of the molecule is CCC(C(=O)Nc1cccc(F)c1)N(c1ccccc1)S(C)(=O)=O. The van der Waals surface area contributed by atoms with E-state index in [4.69, 9.17) is 0 Å². The molecule has 0 bridgehead atoms. The first-order valence-electron chi connectivity index (χ1n) is 7.44. The molecule has 2 aromatic carbocycles. The molecule has 24 heavy (non-hydrogen) atoms. The number of carbonyl (C=O) groups is 1. The van der Waals surface area contributed by atoms with Crippen LogP contribution >= 0.6 is 0 Å². The average Bonchev–Trinajstić information content (AvgIpc) is 2.52. The first kappa shape index (κ1) is 17.9. The summed E-state index contributed by atoms with van der Waals surface area (Å²) >= 11 is 0. The normalized spacial score (nSPS) is 12.5. The smallest absolute Gasteiger partial charge is 0.248 e. The zero-order chi connectivity index (χ0) is 17.7. The van der Waals surface area contributed by atoms with Crippen LogP contribution in [0.4, 0.5) is 15.8 Å². The summed E-state index contributed by atoms with van der Waals surface area (Å²) in [5, 5.41) is 2.57. The molecule has 0 fully saturated rings. The molecule has 0 heterocycles. The van der Waals surface area contributed by atoms with Gasteiger partial charge in [-0.05, 0) is 36.8 Å². The lowest BCUT2D eigenvalue weighted by molar-refractivity contribution is -0.117. The molecule has 1 amide bonds. The molecule has 0 saturated heterocycles. The number of halogens is 1. The van der Waals surface area contributed by atoms with Crippen LogP contribution in [0, 0.1) is 5.82 Å². The van der Waals surface area contributed by atoms with Crippen molar-refractivity contribution in [2.75, 3.05) is 15.9 Å². The molecule has 128 valence electrons. The summed E-state index contributed by atoms with van der Waals surface area (Å²) in [6.45, 7) is 1.72. The summed E-state index contributed by atoms with van der Waals surface area (Å²) in [4.78, 5) is 12.6. The topological polar surface area (TPSA) is 66.5 Å². The molecule has 0 saturated carbocycles. The molecule has 1 N–H and O–H groups in total. The van der Waals surface area contributed by atoms with Crippen LogP contribution in [0.1, 0.15) is 13.3 Å². The second-order valence-electron chi connectivity index (χ2n) is 5.32. The molecular weight excluding hydrogens is 331 g/mol. The predicted molar refractivity (Wildman–Crippen MR) is 92.9 cm³/mol. The van der Waals surface area contributed by atoms with Gasteiger partial charge in [-0.1, -0.05) is 31.2 Å². The maximum atomic E-state index is 13.3. The fourth-order valence-corrected chi connectivity index (χ4v) is 3.64. The van der Waals surface area contributed by atoms with Crippen molar-refractivity contribution < 1.29 is 17.6 Å². The minimum atomic E-state index is -3.68. The number of nitrogens with zero attached hydrogens (tertiary/aromatic N) is 1. The van der Waals surface area contributed by atoms with Crippen molar-refractivity contribution in [3.63, 3.8) is 0 Å². The summed E-state index contributed by atoms with van der Waals surface area (Å²) < 4.78 is 38.8. The van der Waals surface area contributed by atoms with Gasteiger partial charge < -0.3 is 5.32 Å². The first-order valence-corrected chi connectivity index (χ1v) is 9.28. The van der Waals surface area contributed by atoms with E-state index in [9.17, 15) is 17.6 Å². The Morgan fingerprint density at radius 1 is 1.17 bits per heavy atom. The van der Waals surface area contributed by atoms with E-state index in [0.717, 1.165) is 10.6 Å². The predicted octanol–water partition coefficient (Wildman–Crippen LogP) is 3.01. The Labute approximate surface area is 141 Å². The van der Waals surface area contributed by atoms with Crippen molar-refractivity contribution in [3.8, 4) is 0 Å². The Hall–Kier alpha value is -2.41. The van der Waals surface area contributed by atoms with E-state index in [0.29, 0.717) is 5.69 Å². The highest BCUT2D eigenvalue weighted by atomic mass is 32.2. The van der Waals surface area contributed by atoms with Crippen LogP contribution in [0.25, 0.3) is 0 Å². The van der Waals surface area contributed by atoms with Crippen molar-refractivity contribution in [3.05, 3.63) is 60.4 Å². The lowest BCUT2D eigenvalue weighted by Crippen LogP contribution is -2.46. The summed E-state index contributed by atoms with van der Waals surface area (Å²) in [5.74, 6) is -0.999. The molecule has 0 aromatic heterocycles. The number of sulfonamides is 1. The van der Waals surface area contributed by atoms with Crippen molar-refractivity contribution in [2.24, 2.45) is 0 Å². The van der Waals surface area contributed by atoms with Crippen molar-refractivity contribution in [1.29, 1.82) is 0 Å². The molecule has 0 spiro atoms. The molecular formula is C17H19FN2O3S. The number of amides is 1. The lowest BCUT2D eigenvalue weighted by atomic mass is 10.2. The fourth-order valence-electron chi connectivity index (χ4n) is 2.43. The number of rotatable bonds is 6. The second-order valence-corrected chi connectivity index (χ2v) is 7.18. The van der Waals surface area contributed by atoms with Crippen LogP contribution in [-0.4, -0.2) is 26.6 Å². The van der Waals surface area contributed by atoms with Crippen LogP contribution in [0.5, 0.6) is 0 Å². The minimum absolute atomic E-state index is 0.267. The highest BCUT2D eigenvalue weighted by molar-refractivity contribution is 7.92. The van der Waals surface area contributed by atoms with E-state index in [-0.39, 0.29) is 12.1 Å². The number of nitrogens with one attached hydrogen (secondary N) is 1. The Kier molecular flexibility index (Phi) is 5.56. The second kappa shape index (κ2) is 7.44. The third kappa shape index (κ3) is 4.32. The van der Waals surface area contributed by atoms with E-state index >= 15 is 0 Å². The number of hydrogen-bond acceptors (Lipinski definition) is 3. The van der Waals surface area contributed by atoms with E-state index < -0.39 is 27.8 Å². The van der Waals surface area contributed by atoms with Gasteiger partial charge >= 0.3 is 0 Å². The Bertz CT molecular complexity index is 810. The van der Waals surface area contributed by atoms with E-state index in [1.54, 1.807) is 43.3 Å². The lowest BCUT2D eigenvalue weighted by Gasteiger charge is -2.30. The van der Waals surface area contributed by atoms with Gasteiger partial charge in [-0.2, -0.15) is 0 Å². The highest BCUT2D eigenvalue weighted by Gasteiger charge is 2.31. The van der Waals surface area contributed by atoms with Crippen LogP contribution in [0.3, 0.4) is 0 Å². The van der Waals surface area contributed by atoms with Gasteiger partial charge in [-0.25, -0.2) is 12.8 Å². The molecule has 1 atom stereocenters. The summed E-state index contributed by atoms with van der Waals surface area (Å²) in [6, 6.07) is 12.9. The third-order valence-electron chi connectivity index (χ3n) is 3.43. The number of benzene rings is 2. The zero-order valence-corrected chi connectivity index (χ0v) is 14.3. The van der Waals surface area contributed by atoms with Crippen LogP contribution in [-0.2, 0) is 14.8 Å². The first-order chi connectivity index (χ1) is 11.3. The van der Waals surface area contributed by atoms with Crippen molar-refractivity contribution >= 4 is 27.3 Å². The quantitative estimate of drug-likeness (QED) is 0.871. The largest absolute Gasteiger partial charge is 0.324 e. The fraction of sp³-hybridized carbons (Fsp3) is 0.235. The van der Waals surface area contributed by atoms with E-state index in [1.807, 2.05) is 0 Å². The maximum absolute atomic E-state index is 13.3. The Morgan fingerprint density at radius 2 is 1.83 bits per heavy atom. The van der Waals surface area contributed by atoms with Gasteiger partial charge in [0, 0.05) is 5.69 Å². The van der Waals surface area contributed by atoms with Crippen molar-refractivity contribution in [1.82, 2.24) is 0 Å². The number of carbonyl (C=O) groups excluding carboxylic acids is 1.